The standard InChI is InChI=1S/C13H11ClO2/c1-16-13-8-10(4-7-12(13)14)9-2-5-11(15)6-3-9/h2-8,15H,1H3. The molecule has 0 aromatic heterocycles. The van der Waals surface area contributed by atoms with Crippen LogP contribution < -0.4 is 4.74 Å². The molecular formula is C13H11ClO2. The number of rotatable bonds is 2. The van der Waals surface area contributed by atoms with Crippen LogP contribution in [-0.4, -0.2) is 12.2 Å². The summed E-state index contributed by atoms with van der Waals surface area (Å²) >= 11 is 5.94. The van der Waals surface area contributed by atoms with Crippen molar-refractivity contribution in [2.75, 3.05) is 7.11 Å². The Bertz CT molecular complexity index is 492. The van der Waals surface area contributed by atoms with E-state index in [0.717, 1.165) is 11.1 Å². The minimum atomic E-state index is 0.254. The molecule has 16 heavy (non-hydrogen) atoms. The maximum atomic E-state index is 9.20. The van der Waals surface area contributed by atoms with Crippen LogP contribution in [0.3, 0.4) is 0 Å². The fourth-order valence-electron chi connectivity index (χ4n) is 1.49. The van der Waals surface area contributed by atoms with Crippen molar-refractivity contribution in [3.63, 3.8) is 0 Å². The Kier molecular flexibility index (Phi) is 3.02. The van der Waals surface area contributed by atoms with Crippen LogP contribution in [0.2, 0.25) is 5.02 Å². The maximum absolute atomic E-state index is 9.20. The van der Waals surface area contributed by atoms with Crippen LogP contribution in [0.5, 0.6) is 11.5 Å². The zero-order chi connectivity index (χ0) is 11.5. The predicted molar refractivity (Wildman–Crippen MR) is 65.1 cm³/mol. The largest absolute Gasteiger partial charge is 0.508 e. The van der Waals surface area contributed by atoms with Gasteiger partial charge in [-0.05, 0) is 35.4 Å². The zero-order valence-electron chi connectivity index (χ0n) is 8.77. The number of methoxy groups -OCH3 is 1. The quantitative estimate of drug-likeness (QED) is 0.858. The second-order valence-corrected chi connectivity index (χ2v) is 3.80. The molecule has 0 bridgehead atoms. The minimum absolute atomic E-state index is 0.254. The maximum Gasteiger partial charge on any atom is 0.138 e. The number of phenolic OH excluding ortho intramolecular Hbond substituents is 1. The molecule has 0 aliphatic rings. The van der Waals surface area contributed by atoms with Gasteiger partial charge in [-0.3, -0.25) is 0 Å². The third-order valence-electron chi connectivity index (χ3n) is 2.35. The summed E-state index contributed by atoms with van der Waals surface area (Å²) in [6.45, 7) is 0. The molecule has 1 N–H and O–H groups in total. The van der Waals surface area contributed by atoms with E-state index < -0.39 is 0 Å². The van der Waals surface area contributed by atoms with Gasteiger partial charge in [-0.1, -0.05) is 29.8 Å². The molecule has 0 saturated carbocycles. The van der Waals surface area contributed by atoms with Crippen LogP contribution in [0.25, 0.3) is 11.1 Å². The van der Waals surface area contributed by atoms with Crippen LogP contribution in [0, 0.1) is 0 Å². The second kappa shape index (κ2) is 4.45. The number of aromatic hydroxyl groups is 1. The molecule has 0 spiro atoms. The normalized spacial score (nSPS) is 10.1. The van der Waals surface area contributed by atoms with Crippen molar-refractivity contribution in [1.29, 1.82) is 0 Å². The van der Waals surface area contributed by atoms with E-state index >= 15 is 0 Å². The molecule has 82 valence electrons. The highest BCUT2D eigenvalue weighted by molar-refractivity contribution is 6.32. The van der Waals surface area contributed by atoms with Gasteiger partial charge in [0.05, 0.1) is 12.1 Å². The Hall–Kier alpha value is -1.67. The minimum Gasteiger partial charge on any atom is -0.508 e. The first-order valence-corrected chi connectivity index (χ1v) is 5.21. The summed E-state index contributed by atoms with van der Waals surface area (Å²) < 4.78 is 5.15. The average Bonchev–Trinajstić information content (AvgIpc) is 2.31. The lowest BCUT2D eigenvalue weighted by atomic mass is 10.1. The molecule has 0 saturated heterocycles. The average molecular weight is 235 g/mol. The van der Waals surface area contributed by atoms with Crippen LogP contribution in [0.1, 0.15) is 0 Å². The van der Waals surface area contributed by atoms with E-state index in [4.69, 9.17) is 16.3 Å². The molecule has 2 aromatic rings. The van der Waals surface area contributed by atoms with Crippen LogP contribution >= 0.6 is 11.6 Å². The lowest BCUT2D eigenvalue weighted by Gasteiger charge is -2.06. The molecule has 0 aliphatic heterocycles. The van der Waals surface area contributed by atoms with Crippen molar-refractivity contribution in [1.82, 2.24) is 0 Å². The van der Waals surface area contributed by atoms with Crippen molar-refractivity contribution in [3.8, 4) is 22.6 Å². The first kappa shape index (κ1) is 10.8. The van der Waals surface area contributed by atoms with E-state index in [1.165, 1.54) is 0 Å². The summed E-state index contributed by atoms with van der Waals surface area (Å²) in [7, 11) is 1.59. The van der Waals surface area contributed by atoms with Crippen molar-refractivity contribution in [2.24, 2.45) is 0 Å². The highest BCUT2D eigenvalue weighted by atomic mass is 35.5. The molecule has 2 nitrogen and oxygen atoms in total. The lowest BCUT2D eigenvalue weighted by molar-refractivity contribution is 0.415. The van der Waals surface area contributed by atoms with Gasteiger partial charge >= 0.3 is 0 Å². The third kappa shape index (κ3) is 2.12. The topological polar surface area (TPSA) is 29.5 Å². The van der Waals surface area contributed by atoms with Crippen molar-refractivity contribution >= 4 is 11.6 Å². The molecule has 0 aliphatic carbocycles. The van der Waals surface area contributed by atoms with E-state index in [1.807, 2.05) is 24.3 Å². The molecule has 2 aromatic carbocycles. The van der Waals surface area contributed by atoms with Crippen LogP contribution in [0.15, 0.2) is 42.5 Å². The summed E-state index contributed by atoms with van der Waals surface area (Å²) in [5, 5.41) is 9.79. The highest BCUT2D eigenvalue weighted by Gasteiger charge is 2.03. The summed E-state index contributed by atoms with van der Waals surface area (Å²) in [5.74, 6) is 0.900. The molecule has 3 heteroatoms. The fraction of sp³-hybridized carbons (Fsp3) is 0.0769. The molecule has 0 fully saturated rings. The van der Waals surface area contributed by atoms with Gasteiger partial charge in [0.1, 0.15) is 11.5 Å². The lowest BCUT2D eigenvalue weighted by Crippen LogP contribution is -1.85. The SMILES string of the molecule is COc1cc(-c2ccc(O)cc2)ccc1Cl. The van der Waals surface area contributed by atoms with Crippen LogP contribution in [-0.2, 0) is 0 Å². The smallest absolute Gasteiger partial charge is 0.138 e. The third-order valence-corrected chi connectivity index (χ3v) is 2.66. The number of hydrogen-bond acceptors (Lipinski definition) is 2. The number of halogens is 1. The highest BCUT2D eigenvalue weighted by Crippen LogP contribution is 2.30. The molecule has 0 unspecified atom stereocenters. The number of benzene rings is 2. The van der Waals surface area contributed by atoms with Gasteiger partial charge in [-0.25, -0.2) is 0 Å². The van der Waals surface area contributed by atoms with Gasteiger partial charge in [-0.15, -0.1) is 0 Å². The van der Waals surface area contributed by atoms with Crippen molar-refractivity contribution in [3.05, 3.63) is 47.5 Å². The summed E-state index contributed by atoms with van der Waals surface area (Å²) in [6.07, 6.45) is 0. The molecule has 0 heterocycles. The molecular weight excluding hydrogens is 224 g/mol. The van der Waals surface area contributed by atoms with E-state index in [0.29, 0.717) is 10.8 Å². The first-order chi connectivity index (χ1) is 7.70. The monoisotopic (exact) mass is 234 g/mol. The zero-order valence-corrected chi connectivity index (χ0v) is 9.53. The van der Waals surface area contributed by atoms with E-state index in [1.54, 1.807) is 25.3 Å². The number of phenols is 1. The van der Waals surface area contributed by atoms with Gasteiger partial charge in [0.25, 0.3) is 0 Å². The predicted octanol–water partition coefficient (Wildman–Crippen LogP) is 3.72. The molecule has 0 amide bonds. The summed E-state index contributed by atoms with van der Waals surface area (Å²) in [4.78, 5) is 0. The Morgan fingerprint density at radius 1 is 1.00 bits per heavy atom. The van der Waals surface area contributed by atoms with Gasteiger partial charge in [0, 0.05) is 0 Å². The number of hydrogen-bond donors (Lipinski definition) is 1. The van der Waals surface area contributed by atoms with Crippen molar-refractivity contribution < 1.29 is 9.84 Å². The molecule has 2 rings (SSSR count). The Morgan fingerprint density at radius 2 is 1.62 bits per heavy atom. The second-order valence-electron chi connectivity index (χ2n) is 3.40. The van der Waals surface area contributed by atoms with Gasteiger partial charge < -0.3 is 9.84 Å². The van der Waals surface area contributed by atoms with Gasteiger partial charge in [-0.2, -0.15) is 0 Å². The van der Waals surface area contributed by atoms with E-state index in [9.17, 15) is 5.11 Å². The van der Waals surface area contributed by atoms with Gasteiger partial charge in [0.2, 0.25) is 0 Å². The fourth-order valence-corrected chi connectivity index (χ4v) is 1.69. The van der Waals surface area contributed by atoms with Gasteiger partial charge in [0.15, 0.2) is 0 Å². The number of ether oxygens (including phenoxy) is 1. The Morgan fingerprint density at radius 3 is 2.25 bits per heavy atom. The molecule has 0 atom stereocenters. The van der Waals surface area contributed by atoms with E-state index in [2.05, 4.69) is 0 Å². The first-order valence-electron chi connectivity index (χ1n) is 4.83. The Balaban J connectivity index is 2.44. The summed E-state index contributed by atoms with van der Waals surface area (Å²) in [5.41, 5.74) is 2.01. The Labute approximate surface area is 99.1 Å². The summed E-state index contributed by atoms with van der Waals surface area (Å²) in [6, 6.07) is 12.6. The molecule has 0 radical (unpaired) electrons. The van der Waals surface area contributed by atoms with Crippen molar-refractivity contribution in [2.45, 2.75) is 0 Å². The van der Waals surface area contributed by atoms with E-state index in [-0.39, 0.29) is 5.75 Å². The van der Waals surface area contributed by atoms with Crippen LogP contribution in [0.4, 0.5) is 0 Å².